The van der Waals surface area contributed by atoms with Crippen molar-refractivity contribution in [2.24, 2.45) is 0 Å². The molecule has 0 saturated heterocycles. The molecule has 1 unspecified atom stereocenters. The fourth-order valence-corrected chi connectivity index (χ4v) is 1.96. The van der Waals surface area contributed by atoms with Crippen LogP contribution in [-0.4, -0.2) is 25.2 Å². The molecule has 0 fully saturated rings. The highest BCUT2D eigenvalue weighted by Gasteiger charge is 2.17. The van der Waals surface area contributed by atoms with E-state index in [-0.39, 0.29) is 11.6 Å². The summed E-state index contributed by atoms with van der Waals surface area (Å²) in [6.07, 6.45) is 1.78. The minimum Gasteiger partial charge on any atom is -0.302 e. The Hall–Kier alpha value is -1.34. The van der Waals surface area contributed by atoms with Crippen LogP contribution in [0, 0.1) is 0 Å². The lowest BCUT2D eigenvalue weighted by molar-refractivity contribution is 0.305. The van der Waals surface area contributed by atoms with Crippen molar-refractivity contribution in [2.45, 2.75) is 45.8 Å². The van der Waals surface area contributed by atoms with Gasteiger partial charge in [-0.15, -0.1) is 10.2 Å². The zero-order valence-electron chi connectivity index (χ0n) is 12.1. The van der Waals surface area contributed by atoms with Crippen molar-refractivity contribution in [3.8, 4) is 0 Å². The zero-order valence-corrected chi connectivity index (χ0v) is 13.7. The van der Waals surface area contributed by atoms with Crippen LogP contribution >= 0.6 is 15.9 Å². The number of rotatable bonds is 4. The average Bonchev–Trinajstić information content (AvgIpc) is 2.84. The minimum absolute atomic E-state index is 0.120. The minimum atomic E-state index is -0.150. The predicted molar refractivity (Wildman–Crippen MR) is 80.0 cm³/mol. The summed E-state index contributed by atoms with van der Waals surface area (Å²) in [4.78, 5) is 5.97. The molecule has 0 aliphatic rings. The van der Waals surface area contributed by atoms with Crippen molar-refractivity contribution in [3.63, 3.8) is 0 Å². The molecule has 1 N–H and O–H groups in total. The second-order valence-electron chi connectivity index (χ2n) is 5.67. The van der Waals surface area contributed by atoms with Crippen LogP contribution in [0.3, 0.4) is 0 Å². The van der Waals surface area contributed by atoms with Crippen LogP contribution in [0.1, 0.15) is 45.3 Å². The Kier molecular flexibility index (Phi) is 4.49. The Morgan fingerprint density at radius 2 is 2.15 bits per heavy atom. The lowest BCUT2D eigenvalue weighted by atomic mass is 10.1. The van der Waals surface area contributed by atoms with Crippen LogP contribution < -0.4 is 5.32 Å². The van der Waals surface area contributed by atoms with Crippen LogP contribution in [0.4, 0.5) is 0 Å². The summed E-state index contributed by atoms with van der Waals surface area (Å²) in [6.45, 7) is 8.74. The maximum absolute atomic E-state index is 4.37. The van der Waals surface area contributed by atoms with Gasteiger partial charge in [0.1, 0.15) is 0 Å². The van der Waals surface area contributed by atoms with E-state index in [4.69, 9.17) is 0 Å². The van der Waals surface area contributed by atoms with E-state index < -0.39 is 0 Å². The van der Waals surface area contributed by atoms with E-state index >= 15 is 0 Å². The maximum Gasteiger partial charge on any atom is 0.188 e. The summed E-state index contributed by atoms with van der Waals surface area (Å²) < 4.78 is 1.02. The molecule has 108 valence electrons. The molecule has 0 spiro atoms. The van der Waals surface area contributed by atoms with Gasteiger partial charge in [0.15, 0.2) is 5.82 Å². The molecule has 1 atom stereocenters. The molecule has 7 heteroatoms. The Morgan fingerprint density at radius 3 is 2.75 bits per heavy atom. The highest BCUT2D eigenvalue weighted by Crippen LogP contribution is 2.15. The van der Waals surface area contributed by atoms with Gasteiger partial charge in [0.05, 0.1) is 17.8 Å². The summed E-state index contributed by atoms with van der Waals surface area (Å²) in [5, 5.41) is 15.8. The first-order chi connectivity index (χ1) is 9.36. The van der Waals surface area contributed by atoms with Crippen LogP contribution in [0.15, 0.2) is 22.8 Å². The van der Waals surface area contributed by atoms with Gasteiger partial charge in [-0.05, 0) is 45.0 Å². The molecule has 0 aliphatic heterocycles. The Morgan fingerprint density at radius 1 is 1.40 bits per heavy atom. The molecule has 0 amide bonds. The van der Waals surface area contributed by atoms with Crippen molar-refractivity contribution < 1.29 is 0 Å². The Labute approximate surface area is 127 Å². The molecule has 2 aromatic rings. The lowest BCUT2D eigenvalue weighted by Crippen LogP contribution is -2.25. The number of halogens is 1. The Balaban J connectivity index is 1.97. The number of nitrogens with zero attached hydrogens (tertiary/aromatic N) is 5. The van der Waals surface area contributed by atoms with E-state index in [1.165, 1.54) is 0 Å². The van der Waals surface area contributed by atoms with Gasteiger partial charge < -0.3 is 5.32 Å². The second-order valence-corrected chi connectivity index (χ2v) is 6.58. The van der Waals surface area contributed by atoms with E-state index in [1.54, 1.807) is 11.0 Å². The average molecular weight is 339 g/mol. The number of tetrazole rings is 1. The van der Waals surface area contributed by atoms with Gasteiger partial charge in [-0.1, -0.05) is 15.9 Å². The van der Waals surface area contributed by atoms with Crippen LogP contribution in [0.2, 0.25) is 0 Å². The van der Waals surface area contributed by atoms with Gasteiger partial charge in [-0.25, -0.2) is 0 Å². The summed E-state index contributed by atoms with van der Waals surface area (Å²) >= 11 is 3.45. The van der Waals surface area contributed by atoms with Gasteiger partial charge in [-0.2, -0.15) is 4.80 Å². The van der Waals surface area contributed by atoms with Gasteiger partial charge in [0, 0.05) is 16.7 Å². The quantitative estimate of drug-likeness (QED) is 0.927. The van der Waals surface area contributed by atoms with Crippen molar-refractivity contribution in [2.75, 3.05) is 0 Å². The third-order valence-corrected chi connectivity index (χ3v) is 3.30. The summed E-state index contributed by atoms with van der Waals surface area (Å²) in [7, 11) is 0. The van der Waals surface area contributed by atoms with Crippen molar-refractivity contribution in [3.05, 3.63) is 34.3 Å². The standard InChI is InChI=1S/C13H19BrN6/c1-9(11-7-10(14)5-6-15-11)16-8-12-17-19-20(18-12)13(2,3)4/h5-7,9,16H,8H2,1-4H3. The van der Waals surface area contributed by atoms with Gasteiger partial charge in [-0.3, -0.25) is 4.98 Å². The van der Waals surface area contributed by atoms with Gasteiger partial charge in [0.25, 0.3) is 0 Å². The normalized spacial score (nSPS) is 13.4. The largest absolute Gasteiger partial charge is 0.302 e. The molecule has 0 aromatic carbocycles. The Bertz CT molecular complexity index is 574. The number of hydrogen-bond donors (Lipinski definition) is 1. The van der Waals surface area contributed by atoms with Crippen molar-refractivity contribution in [1.82, 2.24) is 30.5 Å². The van der Waals surface area contributed by atoms with E-state index in [0.29, 0.717) is 12.4 Å². The number of hydrogen-bond acceptors (Lipinski definition) is 5. The number of nitrogens with one attached hydrogen (secondary N) is 1. The first-order valence-corrected chi connectivity index (χ1v) is 7.30. The second kappa shape index (κ2) is 5.97. The molecule has 2 aromatic heterocycles. The number of aromatic nitrogens is 5. The highest BCUT2D eigenvalue weighted by molar-refractivity contribution is 9.10. The van der Waals surface area contributed by atoms with E-state index in [9.17, 15) is 0 Å². The van der Waals surface area contributed by atoms with Crippen LogP contribution in [0.5, 0.6) is 0 Å². The molecule has 0 aliphatic carbocycles. The molecule has 0 bridgehead atoms. The van der Waals surface area contributed by atoms with E-state index in [2.05, 4.69) is 48.6 Å². The molecular formula is C13H19BrN6. The topological polar surface area (TPSA) is 68.5 Å². The van der Waals surface area contributed by atoms with Gasteiger partial charge in [0.2, 0.25) is 0 Å². The summed E-state index contributed by atoms with van der Waals surface area (Å²) in [5.74, 6) is 0.682. The maximum atomic E-state index is 4.37. The van der Waals surface area contributed by atoms with E-state index in [0.717, 1.165) is 10.2 Å². The molecule has 0 radical (unpaired) electrons. The lowest BCUT2D eigenvalue weighted by Gasteiger charge is -2.15. The summed E-state index contributed by atoms with van der Waals surface area (Å²) in [6, 6.07) is 4.03. The smallest absolute Gasteiger partial charge is 0.188 e. The fraction of sp³-hybridized carbons (Fsp3) is 0.538. The predicted octanol–water partition coefficient (Wildman–Crippen LogP) is 2.44. The molecule has 2 rings (SSSR count). The SMILES string of the molecule is CC(NCc1nnn(C(C)(C)C)n1)c1cc(Br)ccn1. The molecule has 2 heterocycles. The van der Waals surface area contributed by atoms with Gasteiger partial charge >= 0.3 is 0 Å². The van der Waals surface area contributed by atoms with Crippen LogP contribution in [0.25, 0.3) is 0 Å². The molecule has 6 nitrogen and oxygen atoms in total. The monoisotopic (exact) mass is 338 g/mol. The number of pyridine rings is 1. The van der Waals surface area contributed by atoms with E-state index in [1.807, 2.05) is 32.9 Å². The first kappa shape index (κ1) is 15.1. The van der Waals surface area contributed by atoms with Crippen molar-refractivity contribution >= 4 is 15.9 Å². The molecular weight excluding hydrogens is 320 g/mol. The summed E-state index contributed by atoms with van der Waals surface area (Å²) in [5.41, 5.74) is 0.825. The van der Waals surface area contributed by atoms with Crippen LogP contribution in [-0.2, 0) is 12.1 Å². The molecule has 0 saturated carbocycles. The molecule has 20 heavy (non-hydrogen) atoms. The highest BCUT2D eigenvalue weighted by atomic mass is 79.9. The third-order valence-electron chi connectivity index (χ3n) is 2.81. The first-order valence-electron chi connectivity index (χ1n) is 6.50. The third kappa shape index (κ3) is 3.83. The fourth-order valence-electron chi connectivity index (χ4n) is 1.61. The zero-order chi connectivity index (χ0) is 14.8. The van der Waals surface area contributed by atoms with Crippen molar-refractivity contribution in [1.29, 1.82) is 0 Å².